The lowest BCUT2D eigenvalue weighted by atomic mass is 10.0. The van der Waals surface area contributed by atoms with Crippen LogP contribution in [0.5, 0.6) is 0 Å². The van der Waals surface area contributed by atoms with Gasteiger partial charge in [0, 0.05) is 0 Å². The number of thiocarbonyl (C=S) groups is 1. The number of rotatable bonds is 4. The van der Waals surface area contributed by atoms with E-state index in [9.17, 15) is 13.2 Å². The van der Waals surface area contributed by atoms with Crippen LogP contribution < -0.4 is 5.32 Å². The van der Waals surface area contributed by atoms with E-state index in [0.29, 0.717) is 12.0 Å². The number of carbonyl (C=O) groups is 1. The van der Waals surface area contributed by atoms with Gasteiger partial charge in [-0.1, -0.05) is 26.0 Å². The SMILES string of the molecule is Cc1ccc(C)c(S(=O)(=O)N2C(=S)NC(=O)[C@H]2CC(C)C)c1. The van der Waals surface area contributed by atoms with Crippen molar-refractivity contribution in [2.75, 3.05) is 0 Å². The molecule has 0 unspecified atom stereocenters. The van der Waals surface area contributed by atoms with Gasteiger partial charge in [0.2, 0.25) is 5.91 Å². The van der Waals surface area contributed by atoms with Gasteiger partial charge in [0.25, 0.3) is 10.0 Å². The Hall–Kier alpha value is -1.47. The Morgan fingerprint density at radius 2 is 1.95 bits per heavy atom. The lowest BCUT2D eigenvalue weighted by Gasteiger charge is -2.25. The summed E-state index contributed by atoms with van der Waals surface area (Å²) in [7, 11) is -3.86. The van der Waals surface area contributed by atoms with E-state index in [1.54, 1.807) is 19.1 Å². The van der Waals surface area contributed by atoms with Crippen LogP contribution in [-0.2, 0) is 14.8 Å². The van der Waals surface area contributed by atoms with Crippen LogP contribution in [0.1, 0.15) is 31.4 Å². The first-order valence-corrected chi connectivity index (χ1v) is 8.96. The summed E-state index contributed by atoms with van der Waals surface area (Å²) >= 11 is 5.09. The summed E-state index contributed by atoms with van der Waals surface area (Å²) in [5, 5.41) is 2.43. The molecule has 1 heterocycles. The van der Waals surface area contributed by atoms with Crippen LogP contribution in [0.25, 0.3) is 0 Å². The van der Waals surface area contributed by atoms with Crippen molar-refractivity contribution in [3.05, 3.63) is 29.3 Å². The maximum Gasteiger partial charge on any atom is 0.267 e. The molecule has 0 spiro atoms. The van der Waals surface area contributed by atoms with Crippen LogP contribution in [0.2, 0.25) is 0 Å². The fourth-order valence-corrected chi connectivity index (χ4v) is 4.83. The van der Waals surface area contributed by atoms with Gasteiger partial charge in [-0.05, 0) is 55.6 Å². The molecule has 0 aromatic heterocycles. The average molecular weight is 340 g/mol. The Morgan fingerprint density at radius 1 is 1.32 bits per heavy atom. The second-order valence-corrected chi connectivity index (χ2v) is 8.18. The van der Waals surface area contributed by atoms with Crippen molar-refractivity contribution in [1.82, 2.24) is 9.62 Å². The molecule has 1 aliphatic rings. The average Bonchev–Trinajstić information content (AvgIpc) is 2.66. The van der Waals surface area contributed by atoms with Crippen LogP contribution in [0.4, 0.5) is 0 Å². The first kappa shape index (κ1) is 16.9. The molecule has 1 aromatic rings. The van der Waals surface area contributed by atoms with E-state index in [2.05, 4.69) is 5.32 Å². The van der Waals surface area contributed by atoms with Crippen molar-refractivity contribution in [1.29, 1.82) is 0 Å². The van der Waals surface area contributed by atoms with Crippen molar-refractivity contribution in [3.63, 3.8) is 0 Å². The largest absolute Gasteiger partial charge is 0.300 e. The molecule has 1 saturated heterocycles. The Morgan fingerprint density at radius 3 is 2.55 bits per heavy atom. The van der Waals surface area contributed by atoms with E-state index in [1.165, 1.54) is 0 Å². The van der Waals surface area contributed by atoms with Gasteiger partial charge in [0.15, 0.2) is 5.11 Å². The number of aryl methyl sites for hydroxylation is 2. The summed E-state index contributed by atoms with van der Waals surface area (Å²) < 4.78 is 27.1. The molecule has 1 aromatic carbocycles. The number of carbonyl (C=O) groups excluding carboxylic acids is 1. The quantitative estimate of drug-likeness (QED) is 0.853. The summed E-state index contributed by atoms with van der Waals surface area (Å²) in [4.78, 5) is 12.3. The minimum absolute atomic E-state index is 0.0449. The maximum absolute atomic E-state index is 13.0. The Kier molecular flexibility index (Phi) is 4.58. The van der Waals surface area contributed by atoms with Crippen molar-refractivity contribution in [2.24, 2.45) is 5.92 Å². The third kappa shape index (κ3) is 3.01. The van der Waals surface area contributed by atoms with Crippen LogP contribution in [0.15, 0.2) is 23.1 Å². The highest BCUT2D eigenvalue weighted by Crippen LogP contribution is 2.28. The first-order chi connectivity index (χ1) is 10.1. The molecule has 22 heavy (non-hydrogen) atoms. The van der Waals surface area contributed by atoms with Crippen LogP contribution in [0.3, 0.4) is 0 Å². The van der Waals surface area contributed by atoms with Crippen molar-refractivity contribution in [2.45, 2.75) is 45.1 Å². The Bertz CT molecular complexity index is 726. The number of nitrogens with zero attached hydrogens (tertiary/aromatic N) is 1. The smallest absolute Gasteiger partial charge is 0.267 e. The predicted molar refractivity (Wildman–Crippen MR) is 88.9 cm³/mol. The van der Waals surface area contributed by atoms with Crippen LogP contribution in [-0.4, -0.2) is 29.8 Å². The third-order valence-electron chi connectivity index (χ3n) is 3.59. The lowest BCUT2D eigenvalue weighted by molar-refractivity contribution is -0.121. The van der Waals surface area contributed by atoms with Crippen molar-refractivity contribution in [3.8, 4) is 0 Å². The third-order valence-corrected chi connectivity index (χ3v) is 5.96. The maximum atomic E-state index is 13.0. The standard InChI is InChI=1S/C15H20N2O3S2/c1-9(2)7-12-14(18)16-15(21)17(12)22(19,20)13-8-10(3)5-6-11(13)4/h5-6,8-9,12H,7H2,1-4H3,(H,16,18,21)/t12-/m1/s1. The zero-order chi connectivity index (χ0) is 16.7. The van der Waals surface area contributed by atoms with E-state index in [0.717, 1.165) is 9.87 Å². The molecular weight excluding hydrogens is 320 g/mol. The van der Waals surface area contributed by atoms with Gasteiger partial charge >= 0.3 is 0 Å². The van der Waals surface area contributed by atoms with Crippen LogP contribution >= 0.6 is 12.2 Å². The number of benzene rings is 1. The second kappa shape index (κ2) is 5.96. The van der Waals surface area contributed by atoms with Gasteiger partial charge in [0.1, 0.15) is 6.04 Å². The van der Waals surface area contributed by atoms with Crippen molar-refractivity contribution < 1.29 is 13.2 Å². The van der Waals surface area contributed by atoms with Crippen molar-refractivity contribution >= 4 is 33.3 Å². The molecule has 0 saturated carbocycles. The van der Waals surface area contributed by atoms with Gasteiger partial charge in [-0.15, -0.1) is 0 Å². The molecule has 1 N–H and O–H groups in total. The topological polar surface area (TPSA) is 66.5 Å². The van der Waals surface area contributed by atoms with E-state index < -0.39 is 16.1 Å². The highest BCUT2D eigenvalue weighted by molar-refractivity contribution is 7.91. The Labute approximate surface area is 136 Å². The van der Waals surface area contributed by atoms with Gasteiger partial charge in [-0.3, -0.25) is 4.79 Å². The minimum atomic E-state index is -3.86. The molecule has 0 radical (unpaired) electrons. The predicted octanol–water partition coefficient (Wildman–Crippen LogP) is 2.12. The highest BCUT2D eigenvalue weighted by Gasteiger charge is 2.44. The minimum Gasteiger partial charge on any atom is -0.300 e. The van der Waals surface area contributed by atoms with Gasteiger partial charge < -0.3 is 5.32 Å². The summed E-state index contributed by atoms with van der Waals surface area (Å²) in [5.41, 5.74) is 1.48. The number of hydrogen-bond donors (Lipinski definition) is 1. The highest BCUT2D eigenvalue weighted by atomic mass is 32.2. The lowest BCUT2D eigenvalue weighted by Crippen LogP contribution is -2.41. The molecule has 1 amide bonds. The molecule has 1 fully saturated rings. The van der Waals surface area contributed by atoms with E-state index in [1.807, 2.05) is 26.8 Å². The molecule has 2 rings (SSSR count). The molecule has 7 heteroatoms. The fraction of sp³-hybridized carbons (Fsp3) is 0.467. The van der Waals surface area contributed by atoms with Gasteiger partial charge in [-0.2, -0.15) is 0 Å². The number of hydrogen-bond acceptors (Lipinski definition) is 4. The molecule has 1 atom stereocenters. The zero-order valence-corrected chi connectivity index (χ0v) is 14.7. The summed E-state index contributed by atoms with van der Waals surface area (Å²) in [6.45, 7) is 7.45. The summed E-state index contributed by atoms with van der Waals surface area (Å²) in [5.74, 6) is -0.180. The van der Waals surface area contributed by atoms with Crippen LogP contribution in [0, 0.1) is 19.8 Å². The van der Waals surface area contributed by atoms with Gasteiger partial charge in [-0.25, -0.2) is 12.7 Å². The fourth-order valence-electron chi connectivity index (χ4n) is 2.51. The monoisotopic (exact) mass is 340 g/mol. The van der Waals surface area contributed by atoms with E-state index >= 15 is 0 Å². The summed E-state index contributed by atoms with van der Waals surface area (Å²) in [6.07, 6.45) is 0.427. The van der Waals surface area contributed by atoms with Gasteiger partial charge in [0.05, 0.1) is 4.90 Å². The number of nitrogens with one attached hydrogen (secondary N) is 1. The number of sulfonamides is 1. The molecule has 5 nitrogen and oxygen atoms in total. The molecule has 120 valence electrons. The van der Waals surface area contributed by atoms with E-state index in [-0.39, 0.29) is 21.8 Å². The zero-order valence-electron chi connectivity index (χ0n) is 13.1. The normalized spacial score (nSPS) is 19.0. The summed E-state index contributed by atoms with van der Waals surface area (Å²) in [6, 6.07) is 4.44. The molecule has 1 aliphatic heterocycles. The second-order valence-electron chi connectivity index (χ2n) is 6.01. The molecule has 0 aliphatic carbocycles. The molecule has 0 bridgehead atoms. The Balaban J connectivity index is 2.53. The van der Waals surface area contributed by atoms with E-state index in [4.69, 9.17) is 12.2 Å². The number of amides is 1. The first-order valence-electron chi connectivity index (χ1n) is 7.11. The molecular formula is C15H20N2O3S2.